The summed E-state index contributed by atoms with van der Waals surface area (Å²) < 4.78 is 18.2. The van der Waals surface area contributed by atoms with E-state index in [4.69, 9.17) is 13.3 Å². The van der Waals surface area contributed by atoms with Gasteiger partial charge in [0.25, 0.3) is 11.8 Å². The van der Waals surface area contributed by atoms with Gasteiger partial charge in [0.2, 0.25) is 11.8 Å². The van der Waals surface area contributed by atoms with Crippen LogP contribution in [0.3, 0.4) is 0 Å². The molecule has 0 radical (unpaired) electrons. The van der Waals surface area contributed by atoms with Crippen LogP contribution in [0.15, 0.2) is 18.2 Å². The molecule has 1 saturated carbocycles. The van der Waals surface area contributed by atoms with Crippen LogP contribution in [-0.4, -0.2) is 80.6 Å². The summed E-state index contributed by atoms with van der Waals surface area (Å²) in [5.74, 6) is 2.92. The van der Waals surface area contributed by atoms with Gasteiger partial charge < -0.3 is 28.4 Å². The molecule has 2 N–H and O–H groups in total. The predicted molar refractivity (Wildman–Crippen MR) is 267 cm³/mol. The van der Waals surface area contributed by atoms with E-state index in [-0.39, 0.29) is 35.9 Å². The summed E-state index contributed by atoms with van der Waals surface area (Å²) in [6, 6.07) is 2.03. The molecule has 1 fully saturated rings. The van der Waals surface area contributed by atoms with Crippen molar-refractivity contribution in [2.45, 2.75) is 226 Å². The fourth-order valence-corrected chi connectivity index (χ4v) is 12.8. The Kier molecular flexibility index (Phi) is 28.7. The van der Waals surface area contributed by atoms with E-state index >= 15 is 0 Å². The zero-order chi connectivity index (χ0) is 47.3. The van der Waals surface area contributed by atoms with Crippen molar-refractivity contribution < 1.29 is 37.9 Å². The summed E-state index contributed by atoms with van der Waals surface area (Å²) in [5.41, 5.74) is 0.341. The van der Waals surface area contributed by atoms with Gasteiger partial charge >= 0.3 is 8.80 Å². The Morgan fingerprint density at radius 3 is 1.52 bits per heavy atom. The lowest BCUT2D eigenvalue weighted by Gasteiger charge is -2.44. The Bertz CT molecular complexity index is 1470. The van der Waals surface area contributed by atoms with Crippen molar-refractivity contribution in [1.82, 2.24) is 9.47 Å². The van der Waals surface area contributed by atoms with E-state index in [1.54, 1.807) is 33.2 Å². The molecule has 374 valence electrons. The van der Waals surface area contributed by atoms with E-state index in [2.05, 4.69) is 13.8 Å². The van der Waals surface area contributed by atoms with Crippen LogP contribution < -0.4 is 4.90 Å². The lowest BCUT2D eigenvalue weighted by Crippen LogP contribution is -2.43. The number of rotatable bonds is 39. The molecule has 0 aromatic carbocycles. The van der Waals surface area contributed by atoms with E-state index < -0.39 is 8.80 Å². The number of imide groups is 1. The highest BCUT2D eigenvalue weighted by Crippen LogP contribution is 2.48. The molecule has 0 saturated heterocycles. The molecule has 4 atom stereocenters. The Hall–Kier alpha value is -2.67. The summed E-state index contributed by atoms with van der Waals surface area (Å²) >= 11 is 0. The van der Waals surface area contributed by atoms with Crippen LogP contribution in [0.1, 0.15) is 213 Å². The molecule has 1 aliphatic carbocycles. The Morgan fingerprint density at radius 2 is 1.05 bits per heavy atom. The van der Waals surface area contributed by atoms with Gasteiger partial charge in [0, 0.05) is 71.6 Å². The van der Waals surface area contributed by atoms with E-state index in [9.17, 15) is 24.6 Å². The molecule has 0 spiro atoms. The van der Waals surface area contributed by atoms with Crippen molar-refractivity contribution in [1.29, 1.82) is 0 Å². The molecule has 1 aliphatic heterocycles. The number of hydrogen-bond donors (Lipinski definition) is 2. The standard InChI is InChI=1S/C53H95N3O8Si/c1-7-10-12-14-20-26-33-46-44(31-24-13-11-8-2)35-36-45(32-25-19-15-17-22-28-39-55-50(58)37-38-51(55)59)47(46)34-27-21-16-18-23-29-40-56-52(60)43-48(53(56)61)54(49(57)9-3)41-30-42-65(62-4,63-5)64-6/h37-38,43-47,60-61H,7-36,39-42H2,1-6H3. The van der Waals surface area contributed by atoms with Gasteiger partial charge in [-0.1, -0.05) is 162 Å². The molecule has 2 aliphatic rings. The zero-order valence-electron chi connectivity index (χ0n) is 42.3. The average Bonchev–Trinajstić information content (AvgIpc) is 3.79. The minimum Gasteiger partial charge on any atom is -0.494 e. The normalized spacial score (nSPS) is 19.0. The third-order valence-electron chi connectivity index (χ3n) is 15.0. The van der Waals surface area contributed by atoms with Gasteiger partial charge in [0.15, 0.2) is 5.88 Å². The first-order valence-electron chi connectivity index (χ1n) is 26.7. The van der Waals surface area contributed by atoms with Gasteiger partial charge in [-0.2, -0.15) is 0 Å². The molecule has 3 rings (SSSR count). The molecule has 65 heavy (non-hydrogen) atoms. The molecule has 3 amide bonds. The predicted octanol–water partition coefficient (Wildman–Crippen LogP) is 13.3. The molecule has 2 heterocycles. The summed E-state index contributed by atoms with van der Waals surface area (Å²) in [6.45, 7) is 7.83. The summed E-state index contributed by atoms with van der Waals surface area (Å²) in [4.78, 5) is 39.7. The first-order valence-corrected chi connectivity index (χ1v) is 28.6. The SMILES string of the molecule is CCCCCCCCC1C(CCCCCC)CCC(CCCCCCCCN2C(=O)C=CC2=O)C1CCCCCCCCn1c(O)cc(N(CCC[Si](OC)(OC)OC)C(=O)CC)c1O. The van der Waals surface area contributed by atoms with Crippen molar-refractivity contribution >= 4 is 32.2 Å². The zero-order valence-corrected chi connectivity index (χ0v) is 43.3. The van der Waals surface area contributed by atoms with Crippen LogP contribution >= 0.6 is 0 Å². The fraction of sp³-hybridized carbons (Fsp3) is 0.830. The van der Waals surface area contributed by atoms with E-state index in [1.807, 2.05) is 0 Å². The molecular formula is C53H95N3O8Si. The number of amides is 3. The number of unbranched alkanes of at least 4 members (excludes halogenated alkanes) is 18. The Morgan fingerprint density at radius 1 is 0.615 bits per heavy atom. The number of nitrogens with zero attached hydrogens (tertiary/aromatic N) is 3. The second-order valence-corrected chi connectivity index (χ2v) is 22.6. The third-order valence-corrected chi connectivity index (χ3v) is 17.8. The minimum absolute atomic E-state index is 0.0228. The van der Waals surface area contributed by atoms with Crippen molar-refractivity contribution in [2.75, 3.05) is 39.3 Å². The lowest BCUT2D eigenvalue weighted by atomic mass is 9.61. The number of hydrogen-bond acceptors (Lipinski definition) is 8. The second kappa shape index (κ2) is 32.9. The molecule has 11 nitrogen and oxygen atoms in total. The highest BCUT2D eigenvalue weighted by Gasteiger charge is 2.39. The van der Waals surface area contributed by atoms with E-state index in [0.29, 0.717) is 37.8 Å². The number of anilines is 1. The maximum Gasteiger partial charge on any atom is 0.500 e. The highest BCUT2D eigenvalue weighted by molar-refractivity contribution is 6.60. The fourth-order valence-electron chi connectivity index (χ4n) is 11.1. The van der Waals surface area contributed by atoms with Gasteiger partial charge in [-0.05, 0) is 68.6 Å². The maximum absolute atomic E-state index is 13.0. The van der Waals surface area contributed by atoms with Gasteiger partial charge in [0.05, 0.1) is 0 Å². The molecule has 1 aromatic rings. The van der Waals surface area contributed by atoms with Crippen LogP contribution in [-0.2, 0) is 34.2 Å². The third kappa shape index (κ3) is 19.5. The van der Waals surface area contributed by atoms with Crippen LogP contribution in [0.4, 0.5) is 5.69 Å². The molecule has 0 bridgehead atoms. The van der Waals surface area contributed by atoms with Crippen LogP contribution in [0, 0.1) is 23.7 Å². The molecule has 12 heteroatoms. The van der Waals surface area contributed by atoms with Crippen LogP contribution in [0.5, 0.6) is 11.8 Å². The number of carbonyl (C=O) groups excluding carboxylic acids is 3. The largest absolute Gasteiger partial charge is 0.500 e. The lowest BCUT2D eigenvalue weighted by molar-refractivity contribution is -0.136. The Labute approximate surface area is 397 Å². The smallest absolute Gasteiger partial charge is 0.494 e. The summed E-state index contributed by atoms with van der Waals surface area (Å²) in [7, 11) is 1.92. The average molecular weight is 930 g/mol. The first-order chi connectivity index (χ1) is 31.6. The monoisotopic (exact) mass is 930 g/mol. The van der Waals surface area contributed by atoms with Crippen molar-refractivity contribution in [3.8, 4) is 11.8 Å². The molecule has 4 unspecified atom stereocenters. The number of carbonyl (C=O) groups is 3. The molecule has 1 aromatic heterocycles. The Balaban J connectivity index is 1.52. The second-order valence-electron chi connectivity index (χ2n) is 19.5. The van der Waals surface area contributed by atoms with Crippen molar-refractivity contribution in [3.63, 3.8) is 0 Å². The van der Waals surface area contributed by atoms with Gasteiger partial charge in [0.1, 0.15) is 5.69 Å². The van der Waals surface area contributed by atoms with Crippen molar-refractivity contribution in [2.24, 2.45) is 23.7 Å². The number of aromatic nitrogens is 1. The number of aromatic hydroxyl groups is 2. The van der Waals surface area contributed by atoms with Gasteiger partial charge in [-0.25, -0.2) is 0 Å². The van der Waals surface area contributed by atoms with Crippen LogP contribution in [0.2, 0.25) is 6.04 Å². The van der Waals surface area contributed by atoms with Crippen LogP contribution in [0.25, 0.3) is 0 Å². The summed E-state index contributed by atoms with van der Waals surface area (Å²) in [5, 5.41) is 22.1. The van der Waals surface area contributed by atoms with Gasteiger partial charge in [-0.3, -0.25) is 23.9 Å². The van der Waals surface area contributed by atoms with Gasteiger partial charge in [-0.15, -0.1) is 0 Å². The quantitative estimate of drug-likeness (QED) is 0.0379. The maximum atomic E-state index is 13.0. The topological polar surface area (TPSA) is 131 Å². The molecular weight excluding hydrogens is 835 g/mol. The first kappa shape index (κ1) is 56.6. The van der Waals surface area contributed by atoms with E-state index in [0.717, 1.165) is 55.8 Å². The summed E-state index contributed by atoms with van der Waals surface area (Å²) in [6.07, 6.45) is 39.5. The van der Waals surface area contributed by atoms with Crippen molar-refractivity contribution in [3.05, 3.63) is 18.2 Å². The highest BCUT2D eigenvalue weighted by atomic mass is 28.4. The minimum atomic E-state index is -2.81. The van der Waals surface area contributed by atoms with E-state index in [1.165, 1.54) is 175 Å².